The number of alkyl halides is 3. The number of hydrogen-bond donors (Lipinski definition) is 1. The monoisotopic (exact) mass is 283 g/mol. The topological polar surface area (TPSA) is 12.0 Å². The molecule has 20 heavy (non-hydrogen) atoms. The molecule has 1 aliphatic heterocycles. The van der Waals surface area contributed by atoms with Crippen LogP contribution in [0.25, 0.3) is 0 Å². The minimum atomic E-state index is -4.26. The minimum Gasteiger partial charge on any atom is -0.307 e. The first-order chi connectivity index (χ1) is 9.52. The zero-order valence-electron chi connectivity index (χ0n) is 11.5. The van der Waals surface area contributed by atoms with Crippen molar-refractivity contribution >= 4 is 0 Å². The molecular formula is C16H20F3N. The van der Waals surface area contributed by atoms with E-state index in [0.29, 0.717) is 5.92 Å². The van der Waals surface area contributed by atoms with Crippen molar-refractivity contribution in [3.8, 4) is 0 Å². The second kappa shape index (κ2) is 5.06. The third kappa shape index (κ3) is 2.58. The van der Waals surface area contributed by atoms with Crippen LogP contribution in [0.2, 0.25) is 0 Å². The summed E-state index contributed by atoms with van der Waals surface area (Å²) in [5, 5.41) is 3.58. The van der Waals surface area contributed by atoms with E-state index in [9.17, 15) is 13.2 Å². The fourth-order valence-corrected chi connectivity index (χ4v) is 3.49. The number of hydrogen-bond acceptors (Lipinski definition) is 1. The summed E-state index contributed by atoms with van der Waals surface area (Å²) < 4.78 is 38.8. The lowest BCUT2D eigenvalue weighted by Crippen LogP contribution is -2.44. The average molecular weight is 283 g/mol. The van der Waals surface area contributed by atoms with Crippen molar-refractivity contribution < 1.29 is 13.2 Å². The van der Waals surface area contributed by atoms with Gasteiger partial charge in [0.15, 0.2) is 0 Å². The summed E-state index contributed by atoms with van der Waals surface area (Å²) in [6.45, 7) is 0.909. The molecule has 1 aromatic rings. The summed E-state index contributed by atoms with van der Waals surface area (Å²) in [6, 6.07) is 5.94. The molecule has 1 aromatic carbocycles. The van der Waals surface area contributed by atoms with Crippen LogP contribution in [0.15, 0.2) is 24.3 Å². The van der Waals surface area contributed by atoms with E-state index in [2.05, 4.69) is 5.32 Å². The van der Waals surface area contributed by atoms with E-state index in [0.717, 1.165) is 44.2 Å². The first-order valence-electron chi connectivity index (χ1n) is 7.45. The molecule has 1 nitrogen and oxygen atoms in total. The fourth-order valence-electron chi connectivity index (χ4n) is 3.49. The normalized spacial score (nSPS) is 28.1. The highest BCUT2D eigenvalue weighted by Gasteiger charge is 2.46. The molecule has 110 valence electrons. The summed E-state index contributed by atoms with van der Waals surface area (Å²) in [7, 11) is 0. The van der Waals surface area contributed by atoms with Gasteiger partial charge in [0.2, 0.25) is 0 Å². The summed E-state index contributed by atoms with van der Waals surface area (Å²) in [5.74, 6) is 0.504. The summed E-state index contributed by atoms with van der Waals surface area (Å²) in [4.78, 5) is 0. The maximum atomic E-state index is 12.9. The van der Waals surface area contributed by atoms with E-state index < -0.39 is 11.7 Å². The van der Waals surface area contributed by atoms with E-state index in [1.807, 2.05) is 6.07 Å². The zero-order chi connectivity index (χ0) is 14.2. The highest BCUT2D eigenvalue weighted by Crippen LogP contribution is 2.50. The lowest BCUT2D eigenvalue weighted by Gasteiger charge is -2.35. The molecule has 1 saturated carbocycles. The van der Waals surface area contributed by atoms with Crippen molar-refractivity contribution in [1.29, 1.82) is 0 Å². The largest absolute Gasteiger partial charge is 0.416 e. The third-order valence-electron chi connectivity index (χ3n) is 4.67. The second-order valence-electron chi connectivity index (χ2n) is 6.06. The Labute approximate surface area is 117 Å². The molecule has 0 radical (unpaired) electrons. The molecule has 0 aromatic heterocycles. The van der Waals surface area contributed by atoms with Gasteiger partial charge >= 0.3 is 6.18 Å². The van der Waals surface area contributed by atoms with Gasteiger partial charge in [-0.25, -0.2) is 0 Å². The smallest absolute Gasteiger partial charge is 0.307 e. The van der Waals surface area contributed by atoms with Gasteiger partial charge in [-0.3, -0.25) is 0 Å². The molecule has 0 bridgehead atoms. The van der Waals surface area contributed by atoms with Gasteiger partial charge in [0, 0.05) is 5.54 Å². The Morgan fingerprint density at radius 2 is 1.90 bits per heavy atom. The van der Waals surface area contributed by atoms with E-state index >= 15 is 0 Å². The number of halogens is 3. The Morgan fingerprint density at radius 3 is 2.60 bits per heavy atom. The van der Waals surface area contributed by atoms with Crippen LogP contribution < -0.4 is 5.32 Å². The minimum absolute atomic E-state index is 0.224. The van der Waals surface area contributed by atoms with Crippen LogP contribution in [-0.2, 0) is 11.7 Å². The number of benzene rings is 1. The highest BCUT2D eigenvalue weighted by atomic mass is 19.4. The Kier molecular flexibility index (Phi) is 3.53. The second-order valence-corrected chi connectivity index (χ2v) is 6.06. The molecule has 1 N–H and O–H groups in total. The Bertz CT molecular complexity index is 469. The van der Waals surface area contributed by atoms with Gasteiger partial charge in [0.05, 0.1) is 5.56 Å². The van der Waals surface area contributed by atoms with E-state index in [1.165, 1.54) is 18.6 Å². The predicted molar refractivity (Wildman–Crippen MR) is 72.3 cm³/mol. The number of nitrogens with one attached hydrogen (secondary N) is 1. The van der Waals surface area contributed by atoms with E-state index in [-0.39, 0.29) is 5.54 Å². The van der Waals surface area contributed by atoms with Crippen LogP contribution in [-0.4, -0.2) is 6.54 Å². The summed E-state index contributed by atoms with van der Waals surface area (Å²) >= 11 is 0. The van der Waals surface area contributed by atoms with E-state index in [1.54, 1.807) is 6.07 Å². The number of rotatable bonds is 2. The van der Waals surface area contributed by atoms with Gasteiger partial charge < -0.3 is 5.32 Å². The molecule has 1 saturated heterocycles. The van der Waals surface area contributed by atoms with Crippen molar-refractivity contribution in [3.05, 3.63) is 35.4 Å². The molecule has 2 aliphatic rings. The van der Waals surface area contributed by atoms with Gasteiger partial charge in [-0.1, -0.05) is 25.0 Å². The molecule has 2 fully saturated rings. The standard InChI is InChI=1S/C16H20F3N/c17-16(18,19)14-6-4-5-13(11-14)15(12-7-8-12)9-2-1-3-10-20-15/h4-6,11-12,20H,1-3,7-10H2. The van der Waals surface area contributed by atoms with Crippen LogP contribution in [0.3, 0.4) is 0 Å². The van der Waals surface area contributed by atoms with Crippen LogP contribution in [0.5, 0.6) is 0 Å². The highest BCUT2D eigenvalue weighted by molar-refractivity contribution is 5.33. The van der Waals surface area contributed by atoms with Crippen LogP contribution in [0.1, 0.15) is 49.7 Å². The van der Waals surface area contributed by atoms with Gasteiger partial charge in [0.1, 0.15) is 0 Å². The van der Waals surface area contributed by atoms with Crippen molar-refractivity contribution in [2.45, 2.75) is 50.2 Å². The molecule has 0 spiro atoms. The molecular weight excluding hydrogens is 263 g/mol. The lowest BCUT2D eigenvalue weighted by molar-refractivity contribution is -0.137. The average Bonchev–Trinajstić information content (AvgIpc) is 3.25. The summed E-state index contributed by atoms with van der Waals surface area (Å²) in [6.07, 6.45) is 2.34. The van der Waals surface area contributed by atoms with Gasteiger partial charge in [0.25, 0.3) is 0 Å². The van der Waals surface area contributed by atoms with E-state index in [4.69, 9.17) is 0 Å². The summed E-state index contributed by atoms with van der Waals surface area (Å²) in [5.41, 5.74) is 0.0791. The van der Waals surface area contributed by atoms with Crippen molar-refractivity contribution in [2.75, 3.05) is 6.54 Å². The van der Waals surface area contributed by atoms with Crippen molar-refractivity contribution in [1.82, 2.24) is 5.32 Å². The molecule has 1 heterocycles. The molecule has 1 unspecified atom stereocenters. The van der Waals surface area contributed by atoms with Crippen LogP contribution in [0.4, 0.5) is 13.2 Å². The van der Waals surface area contributed by atoms with Gasteiger partial charge in [-0.2, -0.15) is 13.2 Å². The third-order valence-corrected chi connectivity index (χ3v) is 4.67. The lowest BCUT2D eigenvalue weighted by atomic mass is 9.80. The maximum Gasteiger partial charge on any atom is 0.416 e. The molecule has 1 atom stereocenters. The first kappa shape index (κ1) is 13.9. The van der Waals surface area contributed by atoms with Crippen molar-refractivity contribution in [2.24, 2.45) is 5.92 Å². The molecule has 1 aliphatic carbocycles. The fraction of sp³-hybridized carbons (Fsp3) is 0.625. The quantitative estimate of drug-likeness (QED) is 0.844. The Hall–Kier alpha value is -1.03. The Morgan fingerprint density at radius 1 is 1.10 bits per heavy atom. The molecule has 3 rings (SSSR count). The van der Waals surface area contributed by atoms with Crippen LogP contribution >= 0.6 is 0 Å². The van der Waals surface area contributed by atoms with Gasteiger partial charge in [-0.05, 0) is 55.8 Å². The maximum absolute atomic E-state index is 12.9. The van der Waals surface area contributed by atoms with Crippen molar-refractivity contribution in [3.63, 3.8) is 0 Å². The Balaban J connectivity index is 1.99. The van der Waals surface area contributed by atoms with Crippen LogP contribution in [0, 0.1) is 5.92 Å². The predicted octanol–water partition coefficient (Wildman–Crippen LogP) is 4.47. The molecule has 4 heteroatoms. The molecule has 0 amide bonds. The van der Waals surface area contributed by atoms with Gasteiger partial charge in [-0.15, -0.1) is 0 Å². The first-order valence-corrected chi connectivity index (χ1v) is 7.45. The zero-order valence-corrected chi connectivity index (χ0v) is 11.5. The SMILES string of the molecule is FC(F)(F)c1cccc(C2(C3CC3)CCCCCN2)c1.